The van der Waals surface area contributed by atoms with Gasteiger partial charge in [-0.3, -0.25) is 0 Å². The van der Waals surface area contributed by atoms with Crippen LogP contribution < -0.4 is 0 Å². The number of aliphatic hydroxyl groups is 1. The van der Waals surface area contributed by atoms with Crippen LogP contribution >= 0.6 is 0 Å². The van der Waals surface area contributed by atoms with Gasteiger partial charge in [-0.2, -0.15) is 5.26 Å². The van der Waals surface area contributed by atoms with E-state index in [0.29, 0.717) is 5.92 Å². The van der Waals surface area contributed by atoms with Crippen LogP contribution in [-0.2, 0) is 0 Å². The average Bonchev–Trinajstić information content (AvgIpc) is 2.71. The number of nitriles is 1. The Bertz CT molecular complexity index is 488. The Labute approximate surface area is 109 Å². The second-order valence-electron chi connectivity index (χ2n) is 5.88. The van der Waals surface area contributed by atoms with Gasteiger partial charge in [0.25, 0.3) is 0 Å². The Morgan fingerprint density at radius 3 is 2.67 bits per heavy atom. The Kier molecular flexibility index (Phi) is 3.45. The lowest BCUT2D eigenvalue weighted by Gasteiger charge is -2.28. The van der Waals surface area contributed by atoms with Crippen LogP contribution in [0.2, 0.25) is 0 Å². The fourth-order valence-electron chi connectivity index (χ4n) is 3.17. The van der Waals surface area contributed by atoms with Crippen molar-refractivity contribution in [3.63, 3.8) is 0 Å². The molecule has 2 rings (SSSR count). The van der Waals surface area contributed by atoms with Crippen LogP contribution in [0, 0.1) is 36.5 Å². The summed E-state index contributed by atoms with van der Waals surface area (Å²) < 4.78 is 0. The molecule has 3 atom stereocenters. The van der Waals surface area contributed by atoms with E-state index < -0.39 is 11.5 Å². The highest BCUT2D eigenvalue weighted by molar-refractivity contribution is 5.34. The maximum absolute atomic E-state index is 10.6. The lowest BCUT2D eigenvalue weighted by atomic mass is 9.77. The number of aryl methyl sites for hydroxylation is 2. The van der Waals surface area contributed by atoms with Crippen molar-refractivity contribution in [1.82, 2.24) is 0 Å². The molecule has 1 aromatic carbocycles. The monoisotopic (exact) mass is 243 g/mol. The molecular formula is C16H21NO. The molecule has 18 heavy (non-hydrogen) atoms. The first-order valence-corrected chi connectivity index (χ1v) is 6.65. The van der Waals surface area contributed by atoms with E-state index >= 15 is 0 Å². The molecule has 1 aliphatic rings. The first-order chi connectivity index (χ1) is 8.48. The molecule has 2 heteroatoms. The van der Waals surface area contributed by atoms with Crippen LogP contribution in [0.3, 0.4) is 0 Å². The van der Waals surface area contributed by atoms with E-state index in [1.165, 1.54) is 5.56 Å². The van der Waals surface area contributed by atoms with E-state index in [1.807, 2.05) is 26.0 Å². The zero-order chi connectivity index (χ0) is 13.3. The van der Waals surface area contributed by atoms with Gasteiger partial charge in [-0.15, -0.1) is 0 Å². The van der Waals surface area contributed by atoms with Gasteiger partial charge >= 0.3 is 0 Å². The van der Waals surface area contributed by atoms with Crippen LogP contribution in [-0.4, -0.2) is 5.11 Å². The summed E-state index contributed by atoms with van der Waals surface area (Å²) in [6.45, 7) is 6.21. The summed E-state index contributed by atoms with van der Waals surface area (Å²) in [5.41, 5.74) is 2.60. The molecule has 1 N–H and O–H groups in total. The number of rotatable bonds is 2. The molecule has 1 aromatic rings. The van der Waals surface area contributed by atoms with Crippen molar-refractivity contribution in [2.24, 2.45) is 11.3 Å². The van der Waals surface area contributed by atoms with E-state index in [1.54, 1.807) is 0 Å². The maximum atomic E-state index is 10.6. The molecule has 0 amide bonds. The summed E-state index contributed by atoms with van der Waals surface area (Å²) in [5, 5.41) is 20.1. The van der Waals surface area contributed by atoms with Crippen molar-refractivity contribution >= 4 is 0 Å². The minimum atomic E-state index is -0.659. The molecule has 2 nitrogen and oxygen atoms in total. The van der Waals surface area contributed by atoms with Crippen molar-refractivity contribution in [3.05, 3.63) is 34.9 Å². The third kappa shape index (κ3) is 2.15. The highest BCUT2D eigenvalue weighted by atomic mass is 16.3. The standard InChI is InChI=1S/C16H21NO/c1-11-4-5-14(13(3)8-11)15(18)16(10-17)7-6-12(2)9-16/h4-5,8,12,15,18H,6-7,9H2,1-3H3. The van der Waals surface area contributed by atoms with E-state index in [9.17, 15) is 10.4 Å². The van der Waals surface area contributed by atoms with Gasteiger partial charge in [-0.1, -0.05) is 30.7 Å². The molecular weight excluding hydrogens is 222 g/mol. The van der Waals surface area contributed by atoms with Gasteiger partial charge in [-0.05, 0) is 50.2 Å². The molecule has 3 unspecified atom stereocenters. The van der Waals surface area contributed by atoms with Crippen molar-refractivity contribution in [1.29, 1.82) is 5.26 Å². The van der Waals surface area contributed by atoms with Gasteiger partial charge in [-0.25, -0.2) is 0 Å². The molecule has 0 aromatic heterocycles. The van der Waals surface area contributed by atoms with Crippen LogP contribution in [0.4, 0.5) is 0 Å². The zero-order valence-electron chi connectivity index (χ0n) is 11.4. The molecule has 0 spiro atoms. The quantitative estimate of drug-likeness (QED) is 0.861. The summed E-state index contributed by atoms with van der Waals surface area (Å²) in [6, 6.07) is 8.45. The number of aliphatic hydroxyl groups excluding tert-OH is 1. The number of benzene rings is 1. The smallest absolute Gasteiger partial charge is 0.0978 e. The molecule has 0 saturated heterocycles. The summed E-state index contributed by atoms with van der Waals surface area (Å²) in [7, 11) is 0. The summed E-state index contributed by atoms with van der Waals surface area (Å²) in [5.74, 6) is 0.532. The van der Waals surface area contributed by atoms with Gasteiger partial charge in [0.15, 0.2) is 0 Å². The van der Waals surface area contributed by atoms with Gasteiger partial charge < -0.3 is 5.11 Å². The maximum Gasteiger partial charge on any atom is 0.0978 e. The molecule has 0 heterocycles. The Hall–Kier alpha value is -1.33. The lowest BCUT2D eigenvalue weighted by molar-refractivity contribution is 0.0642. The molecule has 0 aliphatic heterocycles. The Morgan fingerprint density at radius 1 is 1.44 bits per heavy atom. The fraction of sp³-hybridized carbons (Fsp3) is 0.562. The first-order valence-electron chi connectivity index (χ1n) is 6.65. The fourth-order valence-corrected chi connectivity index (χ4v) is 3.17. The summed E-state index contributed by atoms with van der Waals surface area (Å²) in [4.78, 5) is 0. The normalized spacial score (nSPS) is 28.9. The minimum Gasteiger partial charge on any atom is -0.387 e. The van der Waals surface area contributed by atoms with Crippen LogP contribution in [0.1, 0.15) is 49.0 Å². The summed E-state index contributed by atoms with van der Waals surface area (Å²) in [6.07, 6.45) is 1.99. The van der Waals surface area contributed by atoms with Gasteiger partial charge in [0, 0.05) is 0 Å². The number of hydrogen-bond donors (Lipinski definition) is 1. The van der Waals surface area contributed by atoms with Gasteiger partial charge in [0.2, 0.25) is 0 Å². The van der Waals surface area contributed by atoms with E-state index in [4.69, 9.17) is 0 Å². The zero-order valence-corrected chi connectivity index (χ0v) is 11.4. The van der Waals surface area contributed by atoms with Crippen LogP contribution in [0.25, 0.3) is 0 Å². The second kappa shape index (κ2) is 4.74. The molecule has 1 saturated carbocycles. The van der Waals surface area contributed by atoms with Gasteiger partial charge in [0.1, 0.15) is 0 Å². The molecule has 0 bridgehead atoms. The highest BCUT2D eigenvalue weighted by Gasteiger charge is 2.44. The van der Waals surface area contributed by atoms with Crippen molar-refractivity contribution in [2.75, 3.05) is 0 Å². The lowest BCUT2D eigenvalue weighted by Crippen LogP contribution is -2.25. The predicted molar refractivity (Wildman–Crippen MR) is 71.9 cm³/mol. The topological polar surface area (TPSA) is 44.0 Å². The molecule has 1 aliphatic carbocycles. The van der Waals surface area contributed by atoms with Crippen LogP contribution in [0.15, 0.2) is 18.2 Å². The van der Waals surface area contributed by atoms with Crippen molar-refractivity contribution < 1.29 is 5.11 Å². The largest absolute Gasteiger partial charge is 0.387 e. The molecule has 1 fully saturated rings. The highest BCUT2D eigenvalue weighted by Crippen LogP contribution is 2.49. The molecule has 96 valence electrons. The van der Waals surface area contributed by atoms with Gasteiger partial charge in [0.05, 0.1) is 17.6 Å². The van der Waals surface area contributed by atoms with E-state index in [-0.39, 0.29) is 0 Å². The number of hydrogen-bond acceptors (Lipinski definition) is 2. The second-order valence-corrected chi connectivity index (χ2v) is 5.88. The SMILES string of the molecule is Cc1ccc(C(O)C2(C#N)CCC(C)C2)c(C)c1. The van der Waals surface area contributed by atoms with Crippen molar-refractivity contribution in [3.8, 4) is 6.07 Å². The Morgan fingerprint density at radius 2 is 2.17 bits per heavy atom. The molecule has 0 radical (unpaired) electrons. The van der Waals surface area contributed by atoms with E-state index in [2.05, 4.69) is 19.1 Å². The average molecular weight is 243 g/mol. The summed E-state index contributed by atoms with van der Waals surface area (Å²) >= 11 is 0. The Balaban J connectivity index is 2.36. The number of nitrogens with zero attached hydrogens (tertiary/aromatic N) is 1. The third-order valence-corrected chi connectivity index (χ3v) is 4.26. The predicted octanol–water partition coefficient (Wildman–Crippen LogP) is 3.67. The minimum absolute atomic E-state index is 0.532. The van der Waals surface area contributed by atoms with Crippen molar-refractivity contribution in [2.45, 2.75) is 46.1 Å². The van der Waals surface area contributed by atoms with E-state index in [0.717, 1.165) is 30.4 Å². The first kappa shape index (κ1) is 13.1. The van der Waals surface area contributed by atoms with Crippen LogP contribution in [0.5, 0.6) is 0 Å². The third-order valence-electron chi connectivity index (χ3n) is 4.26.